The maximum atomic E-state index is 4.67. The van der Waals surface area contributed by atoms with Gasteiger partial charge in [0.25, 0.3) is 0 Å². The van der Waals surface area contributed by atoms with Crippen LogP contribution in [0.25, 0.3) is 32.3 Å². The zero-order valence-corrected chi connectivity index (χ0v) is 13.7. The van der Waals surface area contributed by atoms with Crippen molar-refractivity contribution >= 4 is 70.2 Å². The Morgan fingerprint density at radius 3 is 1.00 bits per heavy atom. The number of thiol groups is 3. The Morgan fingerprint density at radius 2 is 0.714 bits per heavy atom. The van der Waals surface area contributed by atoms with Gasteiger partial charge < -0.3 is 0 Å². The molecule has 0 aromatic heterocycles. The van der Waals surface area contributed by atoms with Crippen molar-refractivity contribution < 1.29 is 0 Å². The Balaban J connectivity index is 2.51. The lowest BCUT2D eigenvalue weighted by molar-refractivity contribution is 1.53. The van der Waals surface area contributed by atoms with Crippen molar-refractivity contribution in [2.24, 2.45) is 0 Å². The minimum absolute atomic E-state index is 0.981. The fraction of sp³-hybridized carbons (Fsp3) is 0. The molecule has 0 aliphatic carbocycles. The summed E-state index contributed by atoms with van der Waals surface area (Å²) in [4.78, 5) is 2.94. The van der Waals surface area contributed by atoms with E-state index >= 15 is 0 Å². The lowest BCUT2D eigenvalue weighted by atomic mass is 9.94. The molecule has 0 saturated heterocycles. The van der Waals surface area contributed by atoms with Gasteiger partial charge in [0.1, 0.15) is 0 Å². The molecule has 0 spiro atoms. The maximum absolute atomic E-state index is 4.67. The lowest BCUT2D eigenvalue weighted by Gasteiger charge is -2.14. The fourth-order valence-corrected chi connectivity index (χ4v) is 4.08. The second-order valence-electron chi connectivity index (χ2n) is 5.10. The van der Waals surface area contributed by atoms with E-state index in [0.717, 1.165) is 14.7 Å². The van der Waals surface area contributed by atoms with E-state index in [9.17, 15) is 0 Å². The SMILES string of the molecule is Sc1cccc2c1c1cccc(S)c1c1cccc(S)c21. The molecule has 0 fully saturated rings. The van der Waals surface area contributed by atoms with E-state index < -0.39 is 0 Å². The largest absolute Gasteiger partial charge is 0.143 e. The number of hydrogen-bond acceptors (Lipinski definition) is 3. The quantitative estimate of drug-likeness (QED) is 0.256. The van der Waals surface area contributed by atoms with Gasteiger partial charge in [-0.05, 0) is 34.4 Å². The smallest absolute Gasteiger partial charge is 0.0125 e. The molecule has 0 nitrogen and oxygen atoms in total. The Bertz CT molecular complexity index is 856. The number of fused-ring (bicyclic) bond motifs is 6. The van der Waals surface area contributed by atoms with E-state index in [2.05, 4.69) is 56.1 Å². The van der Waals surface area contributed by atoms with Crippen LogP contribution < -0.4 is 0 Å². The summed E-state index contributed by atoms with van der Waals surface area (Å²) in [6.07, 6.45) is 0. The molecule has 0 saturated carbocycles. The van der Waals surface area contributed by atoms with Gasteiger partial charge in [0.2, 0.25) is 0 Å². The van der Waals surface area contributed by atoms with Gasteiger partial charge >= 0.3 is 0 Å². The summed E-state index contributed by atoms with van der Waals surface area (Å²) in [6, 6.07) is 18.6. The van der Waals surface area contributed by atoms with Crippen LogP contribution in [0.4, 0.5) is 0 Å². The van der Waals surface area contributed by atoms with Crippen molar-refractivity contribution in [1.29, 1.82) is 0 Å². The molecule has 0 unspecified atom stereocenters. The summed E-state index contributed by atoms with van der Waals surface area (Å²) in [6.45, 7) is 0. The highest BCUT2D eigenvalue weighted by atomic mass is 32.1. The standard InChI is InChI=1S/C18H12S3/c19-13-7-1-4-10-16(13)11-5-2-9-15(21)18(11)12-6-3-8-14(20)17(10)12/h1-9,19-21H. The third kappa shape index (κ3) is 1.88. The molecule has 4 aromatic rings. The molecule has 4 aromatic carbocycles. The van der Waals surface area contributed by atoms with Crippen LogP contribution in [0.15, 0.2) is 69.3 Å². The molecule has 0 atom stereocenters. The van der Waals surface area contributed by atoms with E-state index in [1.807, 2.05) is 36.4 Å². The van der Waals surface area contributed by atoms with Gasteiger partial charge in [-0.15, -0.1) is 37.9 Å². The van der Waals surface area contributed by atoms with Crippen LogP contribution in [0.1, 0.15) is 0 Å². The van der Waals surface area contributed by atoms with Crippen molar-refractivity contribution in [3.63, 3.8) is 0 Å². The molecule has 4 rings (SSSR count). The van der Waals surface area contributed by atoms with Crippen LogP contribution in [0.5, 0.6) is 0 Å². The molecule has 0 heterocycles. The number of benzene rings is 4. The van der Waals surface area contributed by atoms with Crippen LogP contribution in [0.3, 0.4) is 0 Å². The molecule has 21 heavy (non-hydrogen) atoms. The predicted molar refractivity (Wildman–Crippen MR) is 101 cm³/mol. The van der Waals surface area contributed by atoms with Crippen molar-refractivity contribution in [3.8, 4) is 0 Å². The first-order valence-corrected chi connectivity index (χ1v) is 7.99. The first kappa shape index (κ1) is 13.4. The average Bonchev–Trinajstić information content (AvgIpc) is 2.47. The molecular weight excluding hydrogens is 312 g/mol. The van der Waals surface area contributed by atoms with Gasteiger partial charge in [-0.2, -0.15) is 0 Å². The molecule has 0 aliphatic rings. The van der Waals surface area contributed by atoms with E-state index in [1.54, 1.807) is 0 Å². The summed E-state index contributed by atoms with van der Waals surface area (Å²) in [5, 5.41) is 7.07. The van der Waals surface area contributed by atoms with Crippen LogP contribution in [0, 0.1) is 0 Å². The minimum atomic E-state index is 0.981. The van der Waals surface area contributed by atoms with Gasteiger partial charge in [-0.1, -0.05) is 36.4 Å². The van der Waals surface area contributed by atoms with Gasteiger partial charge in [0.15, 0.2) is 0 Å². The van der Waals surface area contributed by atoms with Crippen molar-refractivity contribution in [1.82, 2.24) is 0 Å². The molecule has 102 valence electrons. The highest BCUT2D eigenvalue weighted by Gasteiger charge is 2.13. The van der Waals surface area contributed by atoms with E-state index in [4.69, 9.17) is 0 Å². The highest BCUT2D eigenvalue weighted by Crippen LogP contribution is 2.41. The summed E-state index contributed by atoms with van der Waals surface area (Å²) < 4.78 is 0. The van der Waals surface area contributed by atoms with Crippen LogP contribution in [-0.4, -0.2) is 0 Å². The van der Waals surface area contributed by atoms with Gasteiger partial charge in [0, 0.05) is 30.8 Å². The molecule has 3 heteroatoms. The molecule has 0 N–H and O–H groups in total. The van der Waals surface area contributed by atoms with Crippen molar-refractivity contribution in [2.75, 3.05) is 0 Å². The van der Waals surface area contributed by atoms with E-state index in [-0.39, 0.29) is 0 Å². The van der Waals surface area contributed by atoms with Crippen molar-refractivity contribution in [3.05, 3.63) is 54.6 Å². The Morgan fingerprint density at radius 1 is 0.429 bits per heavy atom. The normalized spacial score (nSPS) is 11.6. The van der Waals surface area contributed by atoms with E-state index in [1.165, 1.54) is 32.3 Å². The minimum Gasteiger partial charge on any atom is -0.143 e. The molecular formula is C18H12S3. The Hall–Kier alpha value is -1.29. The van der Waals surface area contributed by atoms with Gasteiger partial charge in [0.05, 0.1) is 0 Å². The summed E-state index contributed by atoms with van der Waals surface area (Å²) in [7, 11) is 0. The predicted octanol–water partition coefficient (Wildman–Crippen LogP) is 6.01. The third-order valence-corrected chi connectivity index (χ3v) is 5.05. The topological polar surface area (TPSA) is 0 Å². The molecule has 0 aliphatic heterocycles. The molecule has 0 bridgehead atoms. The fourth-order valence-electron chi connectivity index (χ4n) is 3.09. The summed E-state index contributed by atoms with van der Waals surface area (Å²) >= 11 is 14.0. The number of hydrogen-bond donors (Lipinski definition) is 3. The zero-order chi connectivity index (χ0) is 14.6. The highest BCUT2D eigenvalue weighted by molar-refractivity contribution is 7.81. The lowest BCUT2D eigenvalue weighted by Crippen LogP contribution is -1.86. The van der Waals surface area contributed by atoms with Crippen LogP contribution in [-0.2, 0) is 0 Å². The molecule has 0 radical (unpaired) electrons. The van der Waals surface area contributed by atoms with Gasteiger partial charge in [-0.3, -0.25) is 0 Å². The summed E-state index contributed by atoms with van der Waals surface area (Å²) in [5.41, 5.74) is 0. The average molecular weight is 324 g/mol. The first-order valence-electron chi connectivity index (χ1n) is 6.65. The van der Waals surface area contributed by atoms with Crippen molar-refractivity contribution in [2.45, 2.75) is 14.7 Å². The monoisotopic (exact) mass is 324 g/mol. The third-order valence-electron chi connectivity index (χ3n) is 3.94. The zero-order valence-electron chi connectivity index (χ0n) is 11.0. The number of rotatable bonds is 0. The summed E-state index contributed by atoms with van der Waals surface area (Å²) in [5.74, 6) is 0. The van der Waals surface area contributed by atoms with E-state index in [0.29, 0.717) is 0 Å². The first-order chi connectivity index (χ1) is 10.2. The van der Waals surface area contributed by atoms with Gasteiger partial charge in [-0.25, -0.2) is 0 Å². The maximum Gasteiger partial charge on any atom is 0.0125 e. The van der Waals surface area contributed by atoms with Crippen LogP contribution in [0.2, 0.25) is 0 Å². The second-order valence-corrected chi connectivity index (χ2v) is 6.54. The Kier molecular flexibility index (Phi) is 3.10. The Labute approximate surface area is 139 Å². The van der Waals surface area contributed by atoms with Crippen LogP contribution >= 0.6 is 37.9 Å². The second kappa shape index (κ2) is 4.87. The molecule has 0 amide bonds.